The Bertz CT molecular complexity index is 383. The quantitative estimate of drug-likeness (QED) is 0.718. The molecule has 0 aliphatic carbocycles. The molecule has 0 saturated carbocycles. The second-order valence-electron chi connectivity index (χ2n) is 4.82. The number of rotatable bonds is 6. The third-order valence-corrected chi connectivity index (χ3v) is 4.01. The van der Waals surface area contributed by atoms with Crippen LogP contribution < -0.4 is 4.72 Å². The monoisotopic (exact) mass is 275 g/mol. The molecular weight excluding hydrogens is 250 g/mol. The minimum atomic E-state index is -3.36. The van der Waals surface area contributed by atoms with Crippen LogP contribution >= 0.6 is 0 Å². The average Bonchev–Trinajstić information content (AvgIpc) is 2.21. The van der Waals surface area contributed by atoms with Gasteiger partial charge in [0.1, 0.15) is 0 Å². The first-order chi connectivity index (χ1) is 8.18. The Balaban J connectivity index is 4.22. The molecule has 0 heterocycles. The Labute approximate surface area is 112 Å². The van der Waals surface area contributed by atoms with Gasteiger partial charge in [0.2, 0.25) is 0 Å². The lowest BCUT2D eigenvalue weighted by Crippen LogP contribution is -2.37. The molecule has 0 fully saturated rings. The van der Waals surface area contributed by atoms with Crippen LogP contribution in [0.1, 0.15) is 27.7 Å². The molecule has 5 nitrogen and oxygen atoms in total. The van der Waals surface area contributed by atoms with Crippen LogP contribution in [0.2, 0.25) is 0 Å². The molecule has 0 aliphatic rings. The van der Waals surface area contributed by atoms with Gasteiger partial charge in [0.05, 0.1) is 13.1 Å². The van der Waals surface area contributed by atoms with Gasteiger partial charge in [-0.2, -0.15) is 17.4 Å². The fourth-order valence-corrected chi connectivity index (χ4v) is 1.94. The average molecular weight is 275 g/mol. The van der Waals surface area contributed by atoms with Crippen LogP contribution in [0.15, 0.2) is 0 Å². The first-order valence-electron chi connectivity index (χ1n) is 6.07. The largest absolute Gasteiger partial charge is 0.287 e. The first-order valence-corrected chi connectivity index (χ1v) is 7.51. The molecule has 0 rings (SSSR count). The minimum Gasteiger partial charge on any atom is -0.287 e. The van der Waals surface area contributed by atoms with Crippen molar-refractivity contribution in [3.63, 3.8) is 0 Å². The summed E-state index contributed by atoms with van der Waals surface area (Å²) in [5.41, 5.74) is 0. The van der Waals surface area contributed by atoms with Crippen molar-refractivity contribution in [1.82, 2.24) is 13.9 Å². The lowest BCUT2D eigenvalue weighted by Gasteiger charge is -2.28. The molecule has 0 amide bonds. The molecule has 0 spiro atoms. The van der Waals surface area contributed by atoms with Crippen LogP contribution in [0.5, 0.6) is 0 Å². The lowest BCUT2D eigenvalue weighted by atomic mass is 10.2. The minimum absolute atomic E-state index is 0.143. The molecule has 0 aromatic carbocycles. The van der Waals surface area contributed by atoms with Gasteiger partial charge in [-0.05, 0) is 27.7 Å². The molecule has 0 aliphatic heterocycles. The van der Waals surface area contributed by atoms with E-state index in [1.807, 2.05) is 0 Å². The zero-order valence-corrected chi connectivity index (χ0v) is 13.0. The Morgan fingerprint density at radius 3 is 1.94 bits per heavy atom. The molecule has 106 valence electrons. The van der Waals surface area contributed by atoms with Gasteiger partial charge in [0.25, 0.3) is 10.2 Å². The van der Waals surface area contributed by atoms with E-state index in [2.05, 4.69) is 49.2 Å². The fraction of sp³-hybridized carbons (Fsp3) is 0.833. The molecule has 0 saturated heterocycles. The molecule has 0 aromatic rings. The molecular formula is C12H25N3O2S. The van der Waals surface area contributed by atoms with Gasteiger partial charge in [-0.3, -0.25) is 4.90 Å². The smallest absolute Gasteiger partial charge is 0.279 e. The summed E-state index contributed by atoms with van der Waals surface area (Å²) in [5.74, 6) is 5.82. The van der Waals surface area contributed by atoms with Crippen molar-refractivity contribution in [2.45, 2.75) is 39.8 Å². The second kappa shape index (κ2) is 7.74. The number of hydrogen-bond acceptors (Lipinski definition) is 3. The maximum atomic E-state index is 11.4. The van der Waals surface area contributed by atoms with Gasteiger partial charge in [0, 0.05) is 26.2 Å². The number of nitrogens with zero attached hydrogens (tertiary/aromatic N) is 2. The summed E-state index contributed by atoms with van der Waals surface area (Å²) in [7, 11) is -0.402. The van der Waals surface area contributed by atoms with Gasteiger partial charge >= 0.3 is 0 Å². The molecule has 0 bridgehead atoms. The topological polar surface area (TPSA) is 52.7 Å². The van der Waals surface area contributed by atoms with Gasteiger partial charge in [-0.15, -0.1) is 0 Å². The highest BCUT2D eigenvalue weighted by atomic mass is 32.2. The van der Waals surface area contributed by atoms with Crippen molar-refractivity contribution < 1.29 is 8.42 Å². The van der Waals surface area contributed by atoms with Crippen molar-refractivity contribution in [1.29, 1.82) is 0 Å². The maximum absolute atomic E-state index is 11.4. The lowest BCUT2D eigenvalue weighted by molar-refractivity contribution is 0.200. The third kappa shape index (κ3) is 6.36. The zero-order valence-electron chi connectivity index (χ0n) is 12.2. The summed E-state index contributed by atoms with van der Waals surface area (Å²) in [5, 5.41) is 0. The highest BCUT2D eigenvalue weighted by Gasteiger charge is 2.12. The van der Waals surface area contributed by atoms with Crippen LogP contribution in [-0.2, 0) is 10.2 Å². The third-order valence-electron chi connectivity index (χ3n) is 2.54. The molecule has 6 heteroatoms. The molecule has 0 aromatic heterocycles. The van der Waals surface area contributed by atoms with E-state index in [1.54, 1.807) is 0 Å². The van der Waals surface area contributed by atoms with Crippen molar-refractivity contribution in [3.8, 4) is 11.8 Å². The van der Waals surface area contributed by atoms with Gasteiger partial charge < -0.3 is 0 Å². The van der Waals surface area contributed by atoms with Crippen LogP contribution in [0.4, 0.5) is 0 Å². The maximum Gasteiger partial charge on any atom is 0.279 e. The van der Waals surface area contributed by atoms with E-state index in [0.717, 1.165) is 4.31 Å². The second-order valence-corrected chi connectivity index (χ2v) is 6.79. The fourth-order valence-electron chi connectivity index (χ4n) is 1.43. The van der Waals surface area contributed by atoms with E-state index in [9.17, 15) is 8.42 Å². The van der Waals surface area contributed by atoms with Gasteiger partial charge in [-0.25, -0.2) is 0 Å². The van der Waals surface area contributed by atoms with Gasteiger partial charge in [-0.1, -0.05) is 11.8 Å². The standard InChI is InChI=1S/C12H25N3O2S/c1-11(2)15(12(3)4)10-8-7-9-13-18(16,17)14(5)6/h11-13H,9-10H2,1-6H3. The van der Waals surface area contributed by atoms with E-state index in [-0.39, 0.29) is 6.54 Å². The van der Waals surface area contributed by atoms with Crippen LogP contribution in [0.25, 0.3) is 0 Å². The molecule has 1 N–H and O–H groups in total. The Morgan fingerprint density at radius 1 is 1.06 bits per heavy atom. The van der Waals surface area contributed by atoms with Crippen molar-refractivity contribution in [2.75, 3.05) is 27.2 Å². The summed E-state index contributed by atoms with van der Waals surface area (Å²) < 4.78 is 26.3. The van der Waals surface area contributed by atoms with Crippen LogP contribution in [0.3, 0.4) is 0 Å². The first kappa shape index (κ1) is 17.4. The van der Waals surface area contributed by atoms with Gasteiger partial charge in [0.15, 0.2) is 0 Å². The molecule has 0 unspecified atom stereocenters. The summed E-state index contributed by atoms with van der Waals surface area (Å²) in [4.78, 5) is 2.24. The van der Waals surface area contributed by atoms with Crippen molar-refractivity contribution in [3.05, 3.63) is 0 Å². The van der Waals surface area contributed by atoms with E-state index in [0.29, 0.717) is 18.6 Å². The van der Waals surface area contributed by atoms with Crippen molar-refractivity contribution >= 4 is 10.2 Å². The Kier molecular flexibility index (Phi) is 7.48. The van der Waals surface area contributed by atoms with E-state index < -0.39 is 10.2 Å². The molecule has 0 atom stereocenters. The Hall–Kier alpha value is -0.610. The van der Waals surface area contributed by atoms with Crippen LogP contribution in [0, 0.1) is 11.8 Å². The normalized spacial score (nSPS) is 12.3. The van der Waals surface area contributed by atoms with E-state index in [4.69, 9.17) is 0 Å². The zero-order chi connectivity index (χ0) is 14.3. The SMILES string of the molecule is CC(C)N(CC#CCNS(=O)(=O)N(C)C)C(C)C. The van der Waals surface area contributed by atoms with Crippen molar-refractivity contribution in [2.24, 2.45) is 0 Å². The summed E-state index contributed by atoms with van der Waals surface area (Å²) in [6.07, 6.45) is 0. The van der Waals surface area contributed by atoms with Crippen LogP contribution in [-0.4, -0.2) is 56.9 Å². The predicted molar refractivity (Wildman–Crippen MR) is 75.4 cm³/mol. The molecule has 18 heavy (non-hydrogen) atoms. The highest BCUT2D eigenvalue weighted by molar-refractivity contribution is 7.87. The number of nitrogens with one attached hydrogen (secondary N) is 1. The Morgan fingerprint density at radius 2 is 1.56 bits per heavy atom. The number of hydrogen-bond donors (Lipinski definition) is 1. The van der Waals surface area contributed by atoms with E-state index >= 15 is 0 Å². The molecule has 0 radical (unpaired) electrons. The summed E-state index contributed by atoms with van der Waals surface area (Å²) >= 11 is 0. The summed E-state index contributed by atoms with van der Waals surface area (Å²) in [6, 6.07) is 0.857. The highest BCUT2D eigenvalue weighted by Crippen LogP contribution is 2.02. The summed E-state index contributed by atoms with van der Waals surface area (Å²) in [6.45, 7) is 9.28. The predicted octanol–water partition coefficient (Wildman–Crippen LogP) is 0.505. The van der Waals surface area contributed by atoms with E-state index in [1.165, 1.54) is 14.1 Å².